The third kappa shape index (κ3) is 3.97. The Hall–Kier alpha value is -3.23. The van der Waals surface area contributed by atoms with Gasteiger partial charge in [-0.25, -0.2) is 9.67 Å². The first-order chi connectivity index (χ1) is 12.8. The van der Waals surface area contributed by atoms with Crippen LogP contribution in [-0.4, -0.2) is 25.7 Å². The lowest BCUT2D eigenvalue weighted by molar-refractivity contribution is -0.137. The van der Waals surface area contributed by atoms with Gasteiger partial charge in [0, 0.05) is 12.4 Å². The van der Waals surface area contributed by atoms with Gasteiger partial charge >= 0.3 is 6.18 Å². The van der Waals surface area contributed by atoms with Crippen LogP contribution in [0.25, 0.3) is 5.82 Å². The van der Waals surface area contributed by atoms with Crippen LogP contribution >= 0.6 is 0 Å². The molecule has 3 heterocycles. The molecule has 140 valence electrons. The Labute approximate surface area is 153 Å². The summed E-state index contributed by atoms with van der Waals surface area (Å²) in [5.41, 5.74) is 0.631. The van der Waals surface area contributed by atoms with Crippen LogP contribution in [-0.2, 0) is 6.18 Å². The summed E-state index contributed by atoms with van der Waals surface area (Å²) in [6, 6.07) is 7.22. The summed E-state index contributed by atoms with van der Waals surface area (Å²) in [6.45, 7) is 3.45. The van der Waals surface area contributed by atoms with Gasteiger partial charge in [0.25, 0.3) is 5.91 Å². The number of pyridine rings is 2. The summed E-state index contributed by atoms with van der Waals surface area (Å²) < 4.78 is 39.3. The Kier molecular flexibility index (Phi) is 4.93. The zero-order valence-electron chi connectivity index (χ0n) is 14.5. The monoisotopic (exact) mass is 375 g/mol. The Morgan fingerprint density at radius 1 is 1.15 bits per heavy atom. The number of carbonyl (C=O) groups is 1. The molecule has 0 spiro atoms. The molecule has 0 aliphatic heterocycles. The minimum absolute atomic E-state index is 0.192. The lowest BCUT2D eigenvalue weighted by Gasteiger charge is -2.13. The van der Waals surface area contributed by atoms with Gasteiger partial charge in [-0.05, 0) is 38.1 Å². The van der Waals surface area contributed by atoms with Crippen LogP contribution in [0.15, 0.2) is 48.9 Å². The number of aromatic nitrogens is 4. The molecule has 3 aromatic heterocycles. The van der Waals surface area contributed by atoms with Gasteiger partial charge in [-0.15, -0.1) is 0 Å². The Balaban J connectivity index is 1.79. The van der Waals surface area contributed by atoms with Crippen molar-refractivity contribution in [2.45, 2.75) is 26.1 Å². The van der Waals surface area contributed by atoms with Crippen molar-refractivity contribution in [3.05, 3.63) is 71.4 Å². The van der Waals surface area contributed by atoms with E-state index in [2.05, 4.69) is 20.4 Å². The maximum absolute atomic E-state index is 12.7. The zero-order valence-corrected chi connectivity index (χ0v) is 14.5. The van der Waals surface area contributed by atoms with Crippen molar-refractivity contribution in [1.29, 1.82) is 0 Å². The molecule has 3 aromatic rings. The van der Waals surface area contributed by atoms with Gasteiger partial charge < -0.3 is 5.32 Å². The second-order valence-electron chi connectivity index (χ2n) is 5.91. The fraction of sp³-hybridized carbons (Fsp3) is 0.222. The highest BCUT2D eigenvalue weighted by Gasteiger charge is 2.30. The number of hydrogen-bond acceptors (Lipinski definition) is 4. The summed E-state index contributed by atoms with van der Waals surface area (Å²) in [7, 11) is 0. The molecular weight excluding hydrogens is 359 g/mol. The molecular formula is C18H16F3N5O. The largest absolute Gasteiger partial charge is 0.417 e. The predicted molar refractivity (Wildman–Crippen MR) is 91.2 cm³/mol. The van der Waals surface area contributed by atoms with Crippen molar-refractivity contribution in [2.24, 2.45) is 0 Å². The van der Waals surface area contributed by atoms with Crippen LogP contribution in [0, 0.1) is 6.92 Å². The average Bonchev–Trinajstić information content (AvgIpc) is 3.03. The number of rotatable bonds is 4. The van der Waals surface area contributed by atoms with E-state index in [1.165, 1.54) is 16.9 Å². The van der Waals surface area contributed by atoms with Crippen molar-refractivity contribution in [3.8, 4) is 5.82 Å². The van der Waals surface area contributed by atoms with E-state index in [0.29, 0.717) is 17.0 Å². The van der Waals surface area contributed by atoms with E-state index in [4.69, 9.17) is 0 Å². The molecule has 0 saturated carbocycles. The van der Waals surface area contributed by atoms with Crippen LogP contribution in [0.1, 0.15) is 40.3 Å². The van der Waals surface area contributed by atoms with Gasteiger partial charge in [0.2, 0.25) is 0 Å². The van der Waals surface area contributed by atoms with Crippen LogP contribution < -0.4 is 5.32 Å². The Morgan fingerprint density at radius 3 is 2.52 bits per heavy atom. The highest BCUT2D eigenvalue weighted by Crippen LogP contribution is 2.28. The lowest BCUT2D eigenvalue weighted by Crippen LogP contribution is -2.27. The number of halogens is 3. The van der Waals surface area contributed by atoms with Gasteiger partial charge in [0.05, 0.1) is 34.8 Å². The summed E-state index contributed by atoms with van der Waals surface area (Å²) in [5, 5.41) is 6.90. The Bertz CT molecular complexity index is 936. The second kappa shape index (κ2) is 7.18. The van der Waals surface area contributed by atoms with E-state index in [1.807, 2.05) is 6.07 Å². The SMILES string of the molecule is Cc1c(C(=O)NC(C)c2ccccn2)cnn1-c1ccc(C(F)(F)F)cn1. The number of amides is 1. The number of hydrogen-bond donors (Lipinski definition) is 1. The molecule has 0 aromatic carbocycles. The Morgan fingerprint density at radius 2 is 1.93 bits per heavy atom. The van der Waals surface area contributed by atoms with Gasteiger partial charge in [-0.3, -0.25) is 9.78 Å². The molecule has 27 heavy (non-hydrogen) atoms. The minimum Gasteiger partial charge on any atom is -0.344 e. The van der Waals surface area contributed by atoms with Gasteiger partial charge in [-0.1, -0.05) is 6.07 Å². The number of carbonyl (C=O) groups excluding carboxylic acids is 1. The zero-order chi connectivity index (χ0) is 19.6. The topological polar surface area (TPSA) is 72.7 Å². The summed E-state index contributed by atoms with van der Waals surface area (Å²) in [6.07, 6.45) is -0.733. The second-order valence-corrected chi connectivity index (χ2v) is 5.91. The van der Waals surface area contributed by atoms with E-state index in [-0.39, 0.29) is 17.8 Å². The maximum atomic E-state index is 12.7. The van der Waals surface area contributed by atoms with Crippen molar-refractivity contribution in [2.75, 3.05) is 0 Å². The highest BCUT2D eigenvalue weighted by atomic mass is 19.4. The van der Waals surface area contributed by atoms with Crippen molar-refractivity contribution in [3.63, 3.8) is 0 Å². The first kappa shape index (κ1) is 18.6. The number of nitrogens with zero attached hydrogens (tertiary/aromatic N) is 4. The van der Waals surface area contributed by atoms with E-state index in [1.54, 1.807) is 32.2 Å². The van der Waals surface area contributed by atoms with Gasteiger partial charge in [0.1, 0.15) is 0 Å². The molecule has 1 atom stereocenters. The standard InChI is InChI=1S/C18H16F3N5O/c1-11(15-5-3-4-8-22-15)25-17(27)14-10-24-26(12(14)2)16-7-6-13(9-23-16)18(19,20)21/h3-11H,1-2H3,(H,25,27). The van der Waals surface area contributed by atoms with Crippen molar-refractivity contribution in [1.82, 2.24) is 25.1 Å². The molecule has 3 rings (SSSR count). The molecule has 0 fully saturated rings. The van der Waals surface area contributed by atoms with E-state index < -0.39 is 11.7 Å². The fourth-order valence-corrected chi connectivity index (χ4v) is 2.52. The molecule has 0 aliphatic carbocycles. The third-order valence-corrected chi connectivity index (χ3v) is 4.03. The molecule has 0 radical (unpaired) electrons. The molecule has 0 aliphatic rings. The highest BCUT2D eigenvalue weighted by molar-refractivity contribution is 5.95. The number of alkyl halides is 3. The van der Waals surface area contributed by atoms with Crippen molar-refractivity contribution < 1.29 is 18.0 Å². The molecule has 9 heteroatoms. The summed E-state index contributed by atoms with van der Waals surface area (Å²) in [5.74, 6) is -0.166. The van der Waals surface area contributed by atoms with Gasteiger partial charge in [0.15, 0.2) is 5.82 Å². The molecule has 0 saturated heterocycles. The molecule has 0 bridgehead atoms. The summed E-state index contributed by atoms with van der Waals surface area (Å²) >= 11 is 0. The third-order valence-electron chi connectivity index (χ3n) is 4.03. The fourth-order valence-electron chi connectivity index (χ4n) is 2.52. The first-order valence-electron chi connectivity index (χ1n) is 8.07. The minimum atomic E-state index is -4.46. The predicted octanol–water partition coefficient (Wildman–Crippen LogP) is 3.48. The first-order valence-corrected chi connectivity index (χ1v) is 8.07. The van der Waals surface area contributed by atoms with Crippen LogP contribution in [0.2, 0.25) is 0 Å². The molecule has 1 amide bonds. The average molecular weight is 375 g/mol. The smallest absolute Gasteiger partial charge is 0.344 e. The van der Waals surface area contributed by atoms with E-state index in [9.17, 15) is 18.0 Å². The molecule has 1 N–H and O–H groups in total. The maximum Gasteiger partial charge on any atom is 0.417 e. The van der Waals surface area contributed by atoms with Crippen LogP contribution in [0.3, 0.4) is 0 Å². The summed E-state index contributed by atoms with van der Waals surface area (Å²) in [4.78, 5) is 20.5. The lowest BCUT2D eigenvalue weighted by atomic mass is 10.2. The van der Waals surface area contributed by atoms with Crippen LogP contribution in [0.5, 0.6) is 0 Å². The van der Waals surface area contributed by atoms with Crippen LogP contribution in [0.4, 0.5) is 13.2 Å². The van der Waals surface area contributed by atoms with E-state index >= 15 is 0 Å². The number of nitrogens with one attached hydrogen (secondary N) is 1. The van der Waals surface area contributed by atoms with E-state index in [0.717, 1.165) is 12.3 Å². The normalized spacial score (nSPS) is 12.6. The van der Waals surface area contributed by atoms with Crippen molar-refractivity contribution >= 4 is 5.91 Å². The van der Waals surface area contributed by atoms with Gasteiger partial charge in [-0.2, -0.15) is 18.3 Å². The molecule has 6 nitrogen and oxygen atoms in total. The quantitative estimate of drug-likeness (QED) is 0.758. The molecule has 1 unspecified atom stereocenters.